The van der Waals surface area contributed by atoms with Crippen molar-refractivity contribution in [3.63, 3.8) is 0 Å². The van der Waals surface area contributed by atoms with Crippen LogP contribution in [0.25, 0.3) is 0 Å². The molecule has 2 aromatic rings. The van der Waals surface area contributed by atoms with Crippen LogP contribution in [0.5, 0.6) is 0 Å². The molecule has 3 atom stereocenters. The second kappa shape index (κ2) is 8.25. The maximum Gasteiger partial charge on any atom is 0.107 e. The molecule has 0 bridgehead atoms. The minimum atomic E-state index is -0.0184. The molecule has 1 saturated heterocycles. The van der Waals surface area contributed by atoms with E-state index >= 15 is 0 Å². The number of hydrogen-bond acceptors (Lipinski definition) is 3. The molecule has 0 saturated carbocycles. The first kappa shape index (κ1) is 16.2. The van der Waals surface area contributed by atoms with Gasteiger partial charge in [-0.1, -0.05) is 60.7 Å². The van der Waals surface area contributed by atoms with E-state index in [9.17, 15) is 0 Å². The van der Waals surface area contributed by atoms with Gasteiger partial charge >= 0.3 is 0 Å². The smallest absolute Gasteiger partial charge is 0.107 e. The highest BCUT2D eigenvalue weighted by molar-refractivity contribution is 5.14. The molecule has 2 unspecified atom stereocenters. The minimum Gasteiger partial charge on any atom is -0.376 e. The molecule has 3 heteroatoms. The Hall–Kier alpha value is -1.68. The fourth-order valence-corrected chi connectivity index (χ4v) is 2.80. The van der Waals surface area contributed by atoms with Crippen molar-refractivity contribution in [2.45, 2.75) is 44.9 Å². The normalized spacial score (nSPS) is 24.5. The third-order valence-electron chi connectivity index (χ3n) is 4.14. The van der Waals surface area contributed by atoms with E-state index in [0.29, 0.717) is 19.8 Å². The molecule has 0 spiro atoms. The predicted molar refractivity (Wildman–Crippen MR) is 90.1 cm³/mol. The van der Waals surface area contributed by atoms with Crippen LogP contribution < -0.4 is 0 Å². The zero-order valence-corrected chi connectivity index (χ0v) is 13.6. The number of benzene rings is 2. The Morgan fingerprint density at radius 2 is 1.35 bits per heavy atom. The van der Waals surface area contributed by atoms with E-state index in [2.05, 4.69) is 31.2 Å². The summed E-state index contributed by atoms with van der Waals surface area (Å²) in [5.74, 6) is 0. The molecule has 0 N–H and O–H groups in total. The highest BCUT2D eigenvalue weighted by Gasteiger charge is 2.30. The number of rotatable bonds is 6. The van der Waals surface area contributed by atoms with E-state index in [4.69, 9.17) is 14.2 Å². The second-order valence-electron chi connectivity index (χ2n) is 6.05. The SMILES string of the molecule is CC1C[C@@H](OCc2ccccc2)C(OCc2ccccc2)CO1. The number of hydrogen-bond donors (Lipinski definition) is 0. The van der Waals surface area contributed by atoms with Crippen molar-refractivity contribution in [1.82, 2.24) is 0 Å². The summed E-state index contributed by atoms with van der Waals surface area (Å²) in [6.07, 6.45) is 1.14. The van der Waals surface area contributed by atoms with Gasteiger partial charge in [-0.25, -0.2) is 0 Å². The average molecular weight is 312 g/mol. The summed E-state index contributed by atoms with van der Waals surface area (Å²) in [5.41, 5.74) is 2.36. The third kappa shape index (κ3) is 4.90. The standard InChI is InChI=1S/C20H24O3/c1-16-12-19(22-13-17-8-4-2-5-9-17)20(15-21-16)23-14-18-10-6-3-7-11-18/h2-11,16,19-20H,12-15H2,1H3/t16?,19-,20?/m1/s1. The molecule has 3 nitrogen and oxygen atoms in total. The lowest BCUT2D eigenvalue weighted by Gasteiger charge is -2.34. The topological polar surface area (TPSA) is 27.7 Å². The van der Waals surface area contributed by atoms with Crippen molar-refractivity contribution in [2.75, 3.05) is 6.61 Å². The van der Waals surface area contributed by atoms with Crippen LogP contribution in [-0.2, 0) is 27.4 Å². The van der Waals surface area contributed by atoms with E-state index in [1.165, 1.54) is 11.1 Å². The predicted octanol–water partition coefficient (Wildman–Crippen LogP) is 3.97. The lowest BCUT2D eigenvalue weighted by molar-refractivity contribution is -0.167. The van der Waals surface area contributed by atoms with Crippen molar-refractivity contribution < 1.29 is 14.2 Å². The van der Waals surface area contributed by atoms with Crippen LogP contribution in [-0.4, -0.2) is 24.9 Å². The Morgan fingerprint density at radius 1 is 0.826 bits per heavy atom. The van der Waals surface area contributed by atoms with E-state index < -0.39 is 0 Å². The van der Waals surface area contributed by atoms with E-state index in [0.717, 1.165) is 6.42 Å². The van der Waals surface area contributed by atoms with Crippen molar-refractivity contribution in [1.29, 1.82) is 0 Å². The van der Waals surface area contributed by atoms with Gasteiger partial charge in [0.25, 0.3) is 0 Å². The summed E-state index contributed by atoms with van der Waals surface area (Å²) in [7, 11) is 0. The summed E-state index contributed by atoms with van der Waals surface area (Å²) in [4.78, 5) is 0. The average Bonchev–Trinajstić information content (AvgIpc) is 2.61. The molecule has 1 fully saturated rings. The molecule has 0 amide bonds. The van der Waals surface area contributed by atoms with Crippen molar-refractivity contribution >= 4 is 0 Å². The van der Waals surface area contributed by atoms with Crippen LogP contribution in [0.1, 0.15) is 24.5 Å². The zero-order valence-electron chi connectivity index (χ0n) is 13.6. The van der Waals surface area contributed by atoms with E-state index in [-0.39, 0.29) is 18.3 Å². The van der Waals surface area contributed by atoms with Gasteiger partial charge < -0.3 is 14.2 Å². The first-order chi connectivity index (χ1) is 11.3. The fourth-order valence-electron chi connectivity index (χ4n) is 2.80. The van der Waals surface area contributed by atoms with Gasteiger partial charge in [0.15, 0.2) is 0 Å². The van der Waals surface area contributed by atoms with Gasteiger partial charge in [0.2, 0.25) is 0 Å². The van der Waals surface area contributed by atoms with Gasteiger partial charge in [-0.2, -0.15) is 0 Å². The Morgan fingerprint density at radius 3 is 1.91 bits per heavy atom. The van der Waals surface area contributed by atoms with Crippen LogP contribution in [0.4, 0.5) is 0 Å². The maximum absolute atomic E-state index is 6.14. The Labute approximate surface area is 138 Å². The van der Waals surface area contributed by atoms with Crippen LogP contribution in [0.2, 0.25) is 0 Å². The van der Waals surface area contributed by atoms with Gasteiger partial charge in [0, 0.05) is 6.42 Å². The third-order valence-corrected chi connectivity index (χ3v) is 4.14. The van der Waals surface area contributed by atoms with E-state index in [1.807, 2.05) is 36.4 Å². The molecule has 122 valence electrons. The second-order valence-corrected chi connectivity index (χ2v) is 6.05. The molecule has 23 heavy (non-hydrogen) atoms. The number of ether oxygens (including phenoxy) is 3. The first-order valence-corrected chi connectivity index (χ1v) is 8.24. The zero-order chi connectivity index (χ0) is 15.9. The summed E-state index contributed by atoms with van der Waals surface area (Å²) in [6.45, 7) is 3.89. The van der Waals surface area contributed by atoms with Gasteiger partial charge in [0.05, 0.1) is 32.0 Å². The Balaban J connectivity index is 1.55. The molecular formula is C20H24O3. The molecule has 1 aliphatic heterocycles. The maximum atomic E-state index is 6.14. The fraction of sp³-hybridized carbons (Fsp3) is 0.400. The molecule has 2 aromatic carbocycles. The molecule has 3 rings (SSSR count). The van der Waals surface area contributed by atoms with Crippen molar-refractivity contribution in [3.8, 4) is 0 Å². The van der Waals surface area contributed by atoms with Crippen molar-refractivity contribution in [3.05, 3.63) is 71.8 Å². The molecule has 0 aliphatic carbocycles. The van der Waals surface area contributed by atoms with Gasteiger partial charge in [-0.15, -0.1) is 0 Å². The Kier molecular flexibility index (Phi) is 5.81. The molecule has 1 aliphatic rings. The quantitative estimate of drug-likeness (QED) is 0.808. The largest absolute Gasteiger partial charge is 0.376 e. The van der Waals surface area contributed by atoms with Gasteiger partial charge in [-0.05, 0) is 18.1 Å². The van der Waals surface area contributed by atoms with Crippen LogP contribution in [0.15, 0.2) is 60.7 Å². The lowest BCUT2D eigenvalue weighted by Crippen LogP contribution is -2.43. The molecule has 0 aromatic heterocycles. The summed E-state index contributed by atoms with van der Waals surface area (Å²) < 4.78 is 18.0. The first-order valence-electron chi connectivity index (χ1n) is 8.24. The summed E-state index contributed by atoms with van der Waals surface area (Å²) in [5, 5.41) is 0. The van der Waals surface area contributed by atoms with Crippen LogP contribution in [0, 0.1) is 0 Å². The Bertz CT molecular complexity index is 570. The van der Waals surface area contributed by atoms with Crippen LogP contribution in [0.3, 0.4) is 0 Å². The van der Waals surface area contributed by atoms with E-state index in [1.54, 1.807) is 0 Å². The summed E-state index contributed by atoms with van der Waals surface area (Å²) in [6, 6.07) is 20.5. The lowest BCUT2D eigenvalue weighted by atomic mass is 10.0. The highest BCUT2D eigenvalue weighted by Crippen LogP contribution is 2.22. The summed E-state index contributed by atoms with van der Waals surface area (Å²) >= 11 is 0. The molecular weight excluding hydrogens is 288 g/mol. The molecule has 1 heterocycles. The monoisotopic (exact) mass is 312 g/mol. The molecule has 0 radical (unpaired) electrons. The van der Waals surface area contributed by atoms with Crippen molar-refractivity contribution in [2.24, 2.45) is 0 Å². The van der Waals surface area contributed by atoms with Gasteiger partial charge in [0.1, 0.15) is 6.10 Å². The van der Waals surface area contributed by atoms with Crippen LogP contribution >= 0.6 is 0 Å². The minimum absolute atomic E-state index is 0.0184. The van der Waals surface area contributed by atoms with Gasteiger partial charge in [-0.3, -0.25) is 0 Å². The highest BCUT2D eigenvalue weighted by atomic mass is 16.6.